The number of nitrogens with zero attached hydrogens (tertiary/aromatic N) is 1. The van der Waals surface area contributed by atoms with Crippen LogP contribution in [0.1, 0.15) is 5.69 Å². The summed E-state index contributed by atoms with van der Waals surface area (Å²) >= 11 is 0. The van der Waals surface area contributed by atoms with E-state index in [2.05, 4.69) is 97.1 Å². The Labute approximate surface area is 150 Å². The molecule has 1 aromatic heterocycles. The Morgan fingerprint density at radius 2 is 1.20 bits per heavy atom. The number of aromatic nitrogens is 1. The van der Waals surface area contributed by atoms with E-state index in [0.717, 1.165) is 18.1 Å². The number of para-hydroxylation sites is 1. The summed E-state index contributed by atoms with van der Waals surface area (Å²) in [5, 5.41) is 4.08. The molecule has 4 rings (SSSR count). The number of hydrogen-bond donors (Lipinski definition) is 0. The minimum atomic E-state index is -0.358. The molecule has 0 aliphatic carbocycles. The van der Waals surface area contributed by atoms with Crippen LogP contribution in [0.3, 0.4) is 0 Å². The Kier molecular flexibility index (Phi) is 4.86. The van der Waals surface area contributed by atoms with E-state index in [1.165, 1.54) is 21.7 Å². The molecule has 25 heavy (non-hydrogen) atoms. The van der Waals surface area contributed by atoms with Gasteiger partial charge in [-0.05, 0) is 43.2 Å². The van der Waals surface area contributed by atoms with Gasteiger partial charge in [0.05, 0.1) is 5.52 Å². The van der Waals surface area contributed by atoms with Gasteiger partial charge < -0.3 is 0 Å². The molecule has 0 unspecified atom stereocenters. The lowest BCUT2D eigenvalue weighted by atomic mass is 10.2. The van der Waals surface area contributed by atoms with Crippen LogP contribution in [0.15, 0.2) is 97.1 Å². The van der Waals surface area contributed by atoms with Crippen molar-refractivity contribution in [3.05, 3.63) is 103 Å². The van der Waals surface area contributed by atoms with Gasteiger partial charge in [0.15, 0.2) is 0 Å². The highest BCUT2D eigenvalue weighted by Crippen LogP contribution is 2.34. The molecule has 1 heterocycles. The number of hydrogen-bond acceptors (Lipinski definition) is 1. The number of benzene rings is 3. The van der Waals surface area contributed by atoms with Crippen LogP contribution in [0.5, 0.6) is 0 Å². The second kappa shape index (κ2) is 7.59. The lowest BCUT2D eigenvalue weighted by Crippen LogP contribution is -2.15. The summed E-state index contributed by atoms with van der Waals surface area (Å²) < 4.78 is 0. The maximum atomic E-state index is 4.84. The molecular weight excluding hydrogens is 321 g/mol. The summed E-state index contributed by atoms with van der Waals surface area (Å²) in [4.78, 5) is 4.84. The molecule has 3 aromatic carbocycles. The molecule has 0 atom stereocenters. The van der Waals surface area contributed by atoms with Crippen molar-refractivity contribution in [2.24, 2.45) is 0 Å². The summed E-state index contributed by atoms with van der Waals surface area (Å²) in [5.74, 6) is 0. The normalized spacial score (nSPS) is 11.1. The fourth-order valence-electron chi connectivity index (χ4n) is 3.10. The molecule has 2 heteroatoms. The van der Waals surface area contributed by atoms with Gasteiger partial charge in [0.1, 0.15) is 0 Å². The maximum Gasteiger partial charge on any atom is 0.0705 e. The highest BCUT2D eigenvalue weighted by Gasteiger charge is 2.13. The van der Waals surface area contributed by atoms with Crippen molar-refractivity contribution in [1.29, 1.82) is 0 Å². The van der Waals surface area contributed by atoms with Crippen LogP contribution in [0.25, 0.3) is 10.9 Å². The van der Waals surface area contributed by atoms with Crippen LogP contribution < -0.4 is 10.6 Å². The van der Waals surface area contributed by atoms with Gasteiger partial charge in [0.25, 0.3) is 0 Å². The molecule has 122 valence electrons. The Morgan fingerprint density at radius 1 is 0.600 bits per heavy atom. The second-order valence-corrected chi connectivity index (χ2v) is 8.40. The minimum absolute atomic E-state index is 0.358. The van der Waals surface area contributed by atoms with Crippen molar-refractivity contribution in [3.63, 3.8) is 0 Å². The second-order valence-electron chi connectivity index (χ2n) is 6.07. The third-order valence-electron chi connectivity index (χ3n) is 4.38. The fourth-order valence-corrected chi connectivity index (χ4v) is 5.43. The van der Waals surface area contributed by atoms with E-state index in [9.17, 15) is 0 Å². The average molecular weight is 341 g/mol. The number of rotatable bonds is 5. The van der Waals surface area contributed by atoms with Crippen LogP contribution in [-0.2, 0) is 6.42 Å². The number of fused-ring (bicyclic) bond motifs is 1. The van der Waals surface area contributed by atoms with Crippen molar-refractivity contribution < 1.29 is 0 Å². The predicted octanol–water partition coefficient (Wildman–Crippen LogP) is 4.91. The first-order valence-electron chi connectivity index (χ1n) is 8.62. The van der Waals surface area contributed by atoms with Crippen LogP contribution in [-0.4, -0.2) is 11.1 Å². The van der Waals surface area contributed by atoms with Crippen LogP contribution >= 0.6 is 7.92 Å². The van der Waals surface area contributed by atoms with Crippen molar-refractivity contribution in [3.8, 4) is 0 Å². The van der Waals surface area contributed by atoms with Crippen molar-refractivity contribution in [2.45, 2.75) is 6.42 Å². The molecule has 4 aromatic rings. The van der Waals surface area contributed by atoms with E-state index in [1.54, 1.807) is 0 Å². The smallest absolute Gasteiger partial charge is 0.0705 e. The molecule has 0 amide bonds. The minimum Gasteiger partial charge on any atom is -0.253 e. The van der Waals surface area contributed by atoms with Gasteiger partial charge in [-0.3, -0.25) is 4.98 Å². The SMILES string of the molecule is c1ccc(P(CCc2ccc3ccccc3n2)c2ccccc2)cc1. The highest BCUT2D eigenvalue weighted by molar-refractivity contribution is 7.73. The number of pyridine rings is 1. The zero-order valence-electron chi connectivity index (χ0n) is 14.0. The summed E-state index contributed by atoms with van der Waals surface area (Å²) in [7, 11) is -0.358. The Bertz CT molecular complexity index is 912. The fraction of sp³-hybridized carbons (Fsp3) is 0.0870. The third kappa shape index (κ3) is 3.78. The van der Waals surface area contributed by atoms with Crippen molar-refractivity contribution in [1.82, 2.24) is 4.98 Å². The molecule has 0 radical (unpaired) electrons. The highest BCUT2D eigenvalue weighted by atomic mass is 31.1. The van der Waals surface area contributed by atoms with Crippen LogP contribution in [0, 0.1) is 0 Å². The molecule has 0 saturated carbocycles. The first kappa shape index (κ1) is 16.0. The molecule has 0 fully saturated rings. The van der Waals surface area contributed by atoms with Gasteiger partial charge >= 0.3 is 0 Å². The largest absolute Gasteiger partial charge is 0.253 e. The van der Waals surface area contributed by atoms with Gasteiger partial charge in [-0.2, -0.15) is 0 Å². The molecule has 0 N–H and O–H groups in total. The standard InChI is InChI=1S/C23H20NP/c1-3-10-21(11-4-1)25(22-12-5-2-6-13-22)18-17-20-16-15-19-9-7-8-14-23(19)24-20/h1-16H,17-18H2. The molecule has 0 saturated heterocycles. The van der Waals surface area contributed by atoms with Gasteiger partial charge in [-0.1, -0.05) is 84.9 Å². The quantitative estimate of drug-likeness (QED) is 0.470. The first-order valence-corrected chi connectivity index (χ1v) is 10.2. The van der Waals surface area contributed by atoms with Crippen molar-refractivity contribution >= 4 is 29.4 Å². The molecule has 0 aliphatic heterocycles. The Hall–Kier alpha value is -2.50. The van der Waals surface area contributed by atoms with Crippen molar-refractivity contribution in [2.75, 3.05) is 6.16 Å². The summed E-state index contributed by atoms with van der Waals surface area (Å²) in [6.45, 7) is 0. The van der Waals surface area contributed by atoms with Gasteiger partial charge in [0.2, 0.25) is 0 Å². The van der Waals surface area contributed by atoms with Crippen LogP contribution in [0.2, 0.25) is 0 Å². The Morgan fingerprint density at radius 3 is 1.88 bits per heavy atom. The summed E-state index contributed by atoms with van der Waals surface area (Å²) in [6.07, 6.45) is 2.12. The van der Waals surface area contributed by atoms with Crippen LogP contribution in [0.4, 0.5) is 0 Å². The summed E-state index contributed by atoms with van der Waals surface area (Å²) in [5.41, 5.74) is 2.27. The predicted molar refractivity (Wildman–Crippen MR) is 109 cm³/mol. The van der Waals surface area contributed by atoms with Gasteiger partial charge in [-0.15, -0.1) is 0 Å². The van der Waals surface area contributed by atoms with E-state index < -0.39 is 0 Å². The van der Waals surface area contributed by atoms with E-state index in [-0.39, 0.29) is 7.92 Å². The van der Waals surface area contributed by atoms with Gasteiger partial charge in [0, 0.05) is 11.1 Å². The molecule has 0 aliphatic rings. The maximum absolute atomic E-state index is 4.84. The number of aryl methyl sites for hydroxylation is 1. The summed E-state index contributed by atoms with van der Waals surface area (Å²) in [6, 6.07) is 34.5. The van der Waals surface area contributed by atoms with E-state index >= 15 is 0 Å². The lowest BCUT2D eigenvalue weighted by Gasteiger charge is -2.18. The molecule has 0 bridgehead atoms. The monoisotopic (exact) mass is 341 g/mol. The van der Waals surface area contributed by atoms with Gasteiger partial charge in [-0.25, -0.2) is 0 Å². The third-order valence-corrected chi connectivity index (χ3v) is 6.90. The molecule has 1 nitrogen and oxygen atoms in total. The zero-order valence-corrected chi connectivity index (χ0v) is 14.9. The Balaban J connectivity index is 1.60. The average Bonchev–Trinajstić information content (AvgIpc) is 2.70. The zero-order chi connectivity index (χ0) is 16.9. The van der Waals surface area contributed by atoms with E-state index in [4.69, 9.17) is 4.98 Å². The van der Waals surface area contributed by atoms with E-state index in [1.807, 2.05) is 0 Å². The van der Waals surface area contributed by atoms with E-state index in [0.29, 0.717) is 0 Å². The molecule has 0 spiro atoms. The molecular formula is C23H20NP. The topological polar surface area (TPSA) is 12.9 Å². The first-order chi connectivity index (χ1) is 12.4. The lowest BCUT2D eigenvalue weighted by molar-refractivity contribution is 1.07.